The largest absolute Gasteiger partial charge is 0.393 e. The van der Waals surface area contributed by atoms with E-state index in [-0.39, 0.29) is 34.7 Å². The number of amides is 1. The number of hydrogen-bond acceptors (Lipinski definition) is 4. The number of aliphatic hydroxyl groups excluding tert-OH is 1. The van der Waals surface area contributed by atoms with E-state index < -0.39 is 0 Å². The average Bonchev–Trinajstić information content (AvgIpc) is 3.03. The van der Waals surface area contributed by atoms with Gasteiger partial charge in [-0.3, -0.25) is 14.9 Å². The van der Waals surface area contributed by atoms with Gasteiger partial charge in [0.25, 0.3) is 5.91 Å². The topological polar surface area (TPSA) is 90.9 Å². The van der Waals surface area contributed by atoms with Crippen LogP contribution in [0.2, 0.25) is 5.02 Å². The van der Waals surface area contributed by atoms with E-state index >= 15 is 0 Å². The van der Waals surface area contributed by atoms with Crippen molar-refractivity contribution in [2.75, 3.05) is 0 Å². The van der Waals surface area contributed by atoms with Gasteiger partial charge in [-0.1, -0.05) is 29.8 Å². The summed E-state index contributed by atoms with van der Waals surface area (Å²) in [6, 6.07) is 9.63. The van der Waals surface area contributed by atoms with Crippen molar-refractivity contribution >= 4 is 28.4 Å². The highest BCUT2D eigenvalue weighted by Gasteiger charge is 2.36. The van der Waals surface area contributed by atoms with Gasteiger partial charge in [0.15, 0.2) is 0 Å². The molecule has 0 radical (unpaired) electrons. The minimum Gasteiger partial charge on any atom is -0.393 e. The summed E-state index contributed by atoms with van der Waals surface area (Å²) in [5.41, 5.74) is 2.06. The van der Waals surface area contributed by atoms with Crippen molar-refractivity contribution in [1.82, 2.24) is 20.5 Å². The number of nitrogens with one attached hydrogen (secondary N) is 2. The van der Waals surface area contributed by atoms with Crippen LogP contribution in [0.4, 0.5) is 0 Å². The predicted octanol–water partition coefficient (Wildman–Crippen LogP) is 2.85. The Morgan fingerprint density at radius 1 is 1.32 bits per heavy atom. The molecular weight excluding hydrogens is 340 g/mol. The number of para-hydroxylation sites is 1. The van der Waals surface area contributed by atoms with Gasteiger partial charge >= 0.3 is 0 Å². The molecule has 1 aliphatic rings. The highest BCUT2D eigenvalue weighted by atomic mass is 35.5. The van der Waals surface area contributed by atoms with Crippen molar-refractivity contribution in [2.24, 2.45) is 5.92 Å². The van der Waals surface area contributed by atoms with Crippen LogP contribution in [-0.4, -0.2) is 32.3 Å². The summed E-state index contributed by atoms with van der Waals surface area (Å²) in [4.78, 5) is 17.0. The van der Waals surface area contributed by atoms with E-state index in [0.29, 0.717) is 12.8 Å². The molecule has 6 nitrogen and oxygen atoms in total. The second-order valence-corrected chi connectivity index (χ2v) is 6.80. The molecule has 1 aromatic carbocycles. The van der Waals surface area contributed by atoms with Crippen LogP contribution >= 0.6 is 11.6 Å². The number of nitrogens with zero attached hydrogens (tertiary/aromatic N) is 2. The molecule has 2 aromatic heterocycles. The van der Waals surface area contributed by atoms with Crippen LogP contribution < -0.4 is 5.32 Å². The van der Waals surface area contributed by atoms with E-state index in [9.17, 15) is 9.90 Å². The lowest BCUT2D eigenvalue weighted by atomic mass is 9.75. The number of benzene rings is 1. The molecule has 0 aliphatic heterocycles. The Morgan fingerprint density at radius 2 is 2.12 bits per heavy atom. The molecule has 1 atom stereocenters. The van der Waals surface area contributed by atoms with Crippen molar-refractivity contribution in [3.63, 3.8) is 0 Å². The van der Waals surface area contributed by atoms with Crippen molar-refractivity contribution in [3.8, 4) is 0 Å². The third-order valence-electron chi connectivity index (χ3n) is 4.70. The average molecular weight is 357 g/mol. The summed E-state index contributed by atoms with van der Waals surface area (Å²) in [6.45, 7) is 0. The van der Waals surface area contributed by atoms with Gasteiger partial charge < -0.3 is 10.4 Å². The lowest BCUT2D eigenvalue weighted by Crippen LogP contribution is -2.41. The number of halogens is 1. The number of aromatic nitrogens is 3. The number of H-pyrrole nitrogens is 1. The molecule has 3 N–H and O–H groups in total. The van der Waals surface area contributed by atoms with Gasteiger partial charge in [-0.2, -0.15) is 5.10 Å². The molecule has 0 unspecified atom stereocenters. The van der Waals surface area contributed by atoms with E-state index in [4.69, 9.17) is 11.6 Å². The fourth-order valence-corrected chi connectivity index (χ4v) is 3.45. The van der Waals surface area contributed by atoms with E-state index in [1.807, 2.05) is 30.3 Å². The quantitative estimate of drug-likeness (QED) is 0.670. The van der Waals surface area contributed by atoms with Crippen LogP contribution in [-0.2, 0) is 0 Å². The maximum Gasteiger partial charge on any atom is 0.271 e. The number of carbonyl (C=O) groups excluding carboxylic acids is 1. The zero-order chi connectivity index (χ0) is 17.4. The maximum atomic E-state index is 12.6. The molecular formula is C18H17ClN4O2. The van der Waals surface area contributed by atoms with E-state index in [2.05, 4.69) is 20.5 Å². The molecule has 128 valence electrons. The summed E-state index contributed by atoms with van der Waals surface area (Å²) in [5.74, 6) is -0.161. The second kappa shape index (κ2) is 6.46. The normalized spacial score (nSPS) is 20.9. The first kappa shape index (κ1) is 16.1. The number of aliphatic hydroxyl groups is 1. The number of hydrogen-bond donors (Lipinski definition) is 3. The standard InChI is InChI=1S/C18H17ClN4O2/c19-14-9-21-23-17(14)18(25)22-16(11-6-13(24)7-11)12-5-10-3-1-2-4-15(10)20-8-12/h1-5,8-9,11,13,16,24H,6-7H2,(H,21,23)(H,22,25)/t11?,13?,16-/m1/s1. The number of aromatic amines is 1. The van der Waals surface area contributed by atoms with Crippen molar-refractivity contribution in [1.29, 1.82) is 0 Å². The van der Waals surface area contributed by atoms with E-state index in [0.717, 1.165) is 16.5 Å². The summed E-state index contributed by atoms with van der Waals surface area (Å²) < 4.78 is 0. The minimum absolute atomic E-state index is 0.156. The van der Waals surface area contributed by atoms with Gasteiger partial charge in [0.1, 0.15) is 5.69 Å². The second-order valence-electron chi connectivity index (χ2n) is 6.39. The molecule has 1 amide bonds. The Hall–Kier alpha value is -2.44. The molecule has 4 rings (SSSR count). The molecule has 2 heterocycles. The minimum atomic E-state index is -0.318. The van der Waals surface area contributed by atoms with Crippen molar-refractivity contribution < 1.29 is 9.90 Å². The highest BCUT2D eigenvalue weighted by molar-refractivity contribution is 6.33. The van der Waals surface area contributed by atoms with Crippen LogP contribution in [0.3, 0.4) is 0 Å². The Bertz CT molecular complexity index is 920. The molecule has 3 aromatic rings. The van der Waals surface area contributed by atoms with Gasteiger partial charge in [-0.05, 0) is 36.5 Å². The summed E-state index contributed by atoms with van der Waals surface area (Å²) >= 11 is 5.99. The van der Waals surface area contributed by atoms with Crippen LogP contribution in [0.15, 0.2) is 42.7 Å². The van der Waals surface area contributed by atoms with Gasteiger partial charge in [0.2, 0.25) is 0 Å². The lowest BCUT2D eigenvalue weighted by molar-refractivity contribution is 0.0234. The third kappa shape index (κ3) is 3.10. The monoisotopic (exact) mass is 356 g/mol. The first-order chi connectivity index (χ1) is 12.1. The summed E-state index contributed by atoms with van der Waals surface area (Å²) in [5, 5.41) is 20.4. The summed E-state index contributed by atoms with van der Waals surface area (Å²) in [6.07, 6.45) is 4.17. The number of fused-ring (bicyclic) bond motifs is 1. The predicted molar refractivity (Wildman–Crippen MR) is 94.3 cm³/mol. The number of pyridine rings is 1. The maximum absolute atomic E-state index is 12.6. The molecule has 1 aliphatic carbocycles. The van der Waals surface area contributed by atoms with Crippen LogP contribution in [0.5, 0.6) is 0 Å². The fraction of sp³-hybridized carbons (Fsp3) is 0.278. The number of rotatable bonds is 4. The smallest absolute Gasteiger partial charge is 0.271 e. The van der Waals surface area contributed by atoms with Crippen LogP contribution in [0, 0.1) is 5.92 Å². The Labute approximate surface area is 149 Å². The Morgan fingerprint density at radius 3 is 2.84 bits per heavy atom. The first-order valence-corrected chi connectivity index (χ1v) is 8.52. The molecule has 25 heavy (non-hydrogen) atoms. The SMILES string of the molecule is O=C(N[C@@H](c1cnc2ccccc2c1)C1CC(O)C1)c1[nH]ncc1Cl. The zero-order valence-corrected chi connectivity index (χ0v) is 14.1. The third-order valence-corrected chi connectivity index (χ3v) is 4.99. The van der Waals surface area contributed by atoms with E-state index in [1.54, 1.807) is 6.20 Å². The Kier molecular flexibility index (Phi) is 4.15. The van der Waals surface area contributed by atoms with Gasteiger partial charge in [-0.25, -0.2) is 0 Å². The molecule has 0 bridgehead atoms. The number of carbonyl (C=O) groups is 1. The van der Waals surface area contributed by atoms with Crippen LogP contribution in [0.25, 0.3) is 10.9 Å². The van der Waals surface area contributed by atoms with Gasteiger partial charge in [0, 0.05) is 11.6 Å². The van der Waals surface area contributed by atoms with Gasteiger partial charge in [-0.15, -0.1) is 0 Å². The fourth-order valence-electron chi connectivity index (χ4n) is 3.28. The molecule has 0 spiro atoms. The van der Waals surface area contributed by atoms with Crippen molar-refractivity contribution in [2.45, 2.75) is 25.0 Å². The molecule has 0 saturated heterocycles. The molecule has 7 heteroatoms. The molecule has 1 saturated carbocycles. The first-order valence-electron chi connectivity index (χ1n) is 8.14. The molecule has 1 fully saturated rings. The lowest BCUT2D eigenvalue weighted by Gasteiger charge is -2.38. The Balaban J connectivity index is 1.65. The van der Waals surface area contributed by atoms with Crippen molar-refractivity contribution in [3.05, 3.63) is 59.0 Å². The summed E-state index contributed by atoms with van der Waals surface area (Å²) in [7, 11) is 0. The van der Waals surface area contributed by atoms with Crippen LogP contribution in [0.1, 0.15) is 34.9 Å². The highest BCUT2D eigenvalue weighted by Crippen LogP contribution is 2.38. The van der Waals surface area contributed by atoms with Gasteiger partial charge in [0.05, 0.1) is 28.9 Å². The van der Waals surface area contributed by atoms with E-state index in [1.165, 1.54) is 6.20 Å². The zero-order valence-electron chi connectivity index (χ0n) is 13.3.